The van der Waals surface area contributed by atoms with Crippen LogP contribution < -0.4 is 5.32 Å². The predicted molar refractivity (Wildman–Crippen MR) is 60.3 cm³/mol. The Bertz CT molecular complexity index is 295. The molecule has 1 N–H and O–H groups in total. The van der Waals surface area contributed by atoms with Gasteiger partial charge in [-0.15, -0.1) is 0 Å². The van der Waals surface area contributed by atoms with Crippen molar-refractivity contribution in [1.82, 2.24) is 5.32 Å². The summed E-state index contributed by atoms with van der Waals surface area (Å²) in [6, 6.07) is 8.28. The van der Waals surface area contributed by atoms with E-state index in [9.17, 15) is 0 Å². The number of ether oxygens (including phenoxy) is 1. The number of benzene rings is 1. The van der Waals surface area contributed by atoms with Gasteiger partial charge in [-0.3, -0.25) is 0 Å². The molecular formula is C11H14BrNO. The minimum Gasteiger partial charge on any atom is -0.372 e. The van der Waals surface area contributed by atoms with Crippen molar-refractivity contribution in [2.24, 2.45) is 0 Å². The number of hydrogen-bond donors (Lipinski definition) is 1. The van der Waals surface area contributed by atoms with Crippen LogP contribution in [-0.2, 0) is 4.74 Å². The van der Waals surface area contributed by atoms with Crippen molar-refractivity contribution in [3.8, 4) is 0 Å². The third-order valence-electron chi connectivity index (χ3n) is 2.43. The van der Waals surface area contributed by atoms with Gasteiger partial charge in [0, 0.05) is 11.0 Å². The fourth-order valence-corrected chi connectivity index (χ4v) is 2.24. The molecule has 14 heavy (non-hydrogen) atoms. The van der Waals surface area contributed by atoms with Crippen molar-refractivity contribution in [1.29, 1.82) is 0 Å². The molecule has 1 aliphatic rings. The van der Waals surface area contributed by atoms with Crippen molar-refractivity contribution < 1.29 is 4.74 Å². The lowest BCUT2D eigenvalue weighted by atomic mass is 10.1. The van der Waals surface area contributed by atoms with Gasteiger partial charge in [-0.1, -0.05) is 34.1 Å². The summed E-state index contributed by atoms with van der Waals surface area (Å²) in [6.45, 7) is 2.79. The first-order valence-corrected chi connectivity index (χ1v) is 5.74. The SMILES string of the molecule is Brc1ccccc1C1CCNCCO1. The molecule has 1 unspecified atom stereocenters. The van der Waals surface area contributed by atoms with Gasteiger partial charge in [0.1, 0.15) is 0 Å². The highest BCUT2D eigenvalue weighted by atomic mass is 79.9. The lowest BCUT2D eigenvalue weighted by Gasteiger charge is -2.16. The minimum atomic E-state index is 0.237. The molecule has 1 aromatic rings. The average Bonchev–Trinajstić information content (AvgIpc) is 2.47. The van der Waals surface area contributed by atoms with Crippen LogP contribution in [0.25, 0.3) is 0 Å². The van der Waals surface area contributed by atoms with Crippen molar-refractivity contribution in [3.05, 3.63) is 34.3 Å². The molecule has 1 heterocycles. The summed E-state index contributed by atoms with van der Waals surface area (Å²) in [4.78, 5) is 0. The molecule has 0 aromatic heterocycles. The van der Waals surface area contributed by atoms with Crippen LogP contribution in [0.2, 0.25) is 0 Å². The van der Waals surface area contributed by atoms with Gasteiger partial charge in [0.25, 0.3) is 0 Å². The quantitative estimate of drug-likeness (QED) is 0.833. The van der Waals surface area contributed by atoms with Gasteiger partial charge in [0.2, 0.25) is 0 Å². The van der Waals surface area contributed by atoms with Crippen LogP contribution >= 0.6 is 15.9 Å². The summed E-state index contributed by atoms with van der Waals surface area (Å²) >= 11 is 3.56. The fraction of sp³-hybridized carbons (Fsp3) is 0.455. The van der Waals surface area contributed by atoms with E-state index < -0.39 is 0 Å². The normalized spacial score (nSPS) is 23.1. The molecule has 0 aliphatic carbocycles. The Morgan fingerprint density at radius 2 is 2.14 bits per heavy atom. The summed E-state index contributed by atoms with van der Waals surface area (Å²) in [5.41, 5.74) is 1.26. The Morgan fingerprint density at radius 1 is 1.29 bits per heavy atom. The molecule has 1 saturated heterocycles. The zero-order valence-electron chi connectivity index (χ0n) is 8.00. The first-order valence-electron chi connectivity index (χ1n) is 4.94. The molecule has 0 amide bonds. The molecular weight excluding hydrogens is 242 g/mol. The van der Waals surface area contributed by atoms with E-state index in [0.29, 0.717) is 0 Å². The second-order valence-corrected chi connectivity index (χ2v) is 4.27. The van der Waals surface area contributed by atoms with E-state index in [1.165, 1.54) is 5.56 Å². The van der Waals surface area contributed by atoms with Crippen LogP contribution in [0.15, 0.2) is 28.7 Å². The molecule has 2 rings (SSSR count). The highest BCUT2D eigenvalue weighted by Gasteiger charge is 2.16. The molecule has 1 aromatic carbocycles. The van der Waals surface area contributed by atoms with Gasteiger partial charge in [-0.2, -0.15) is 0 Å². The topological polar surface area (TPSA) is 21.3 Å². The molecule has 76 valence electrons. The molecule has 2 nitrogen and oxygen atoms in total. The second kappa shape index (κ2) is 4.91. The molecule has 1 fully saturated rings. The summed E-state index contributed by atoms with van der Waals surface area (Å²) in [7, 11) is 0. The van der Waals surface area contributed by atoms with E-state index in [-0.39, 0.29) is 6.10 Å². The standard InChI is InChI=1S/C11H14BrNO/c12-10-4-2-1-3-9(10)11-5-6-13-7-8-14-11/h1-4,11,13H,5-8H2. The lowest BCUT2D eigenvalue weighted by molar-refractivity contribution is 0.0639. The molecule has 0 bridgehead atoms. The van der Waals surface area contributed by atoms with Crippen molar-refractivity contribution >= 4 is 15.9 Å². The van der Waals surface area contributed by atoms with Crippen LogP contribution in [0.3, 0.4) is 0 Å². The van der Waals surface area contributed by atoms with Gasteiger partial charge in [0.05, 0.1) is 12.7 Å². The maximum Gasteiger partial charge on any atom is 0.0848 e. The van der Waals surface area contributed by atoms with Crippen molar-refractivity contribution in [3.63, 3.8) is 0 Å². The number of nitrogens with one attached hydrogen (secondary N) is 1. The zero-order valence-corrected chi connectivity index (χ0v) is 9.59. The Labute approximate surface area is 92.8 Å². The Morgan fingerprint density at radius 3 is 3.00 bits per heavy atom. The summed E-state index contributed by atoms with van der Waals surface area (Å²) < 4.78 is 6.92. The molecule has 0 saturated carbocycles. The number of rotatable bonds is 1. The minimum absolute atomic E-state index is 0.237. The largest absolute Gasteiger partial charge is 0.372 e. The van der Waals surface area contributed by atoms with Crippen molar-refractivity contribution in [2.45, 2.75) is 12.5 Å². The second-order valence-electron chi connectivity index (χ2n) is 3.42. The Hall–Kier alpha value is -0.380. The zero-order chi connectivity index (χ0) is 9.80. The van der Waals surface area contributed by atoms with E-state index in [4.69, 9.17) is 4.74 Å². The lowest BCUT2D eigenvalue weighted by Crippen LogP contribution is -2.16. The van der Waals surface area contributed by atoms with Crippen LogP contribution in [0.5, 0.6) is 0 Å². The van der Waals surface area contributed by atoms with E-state index in [0.717, 1.165) is 30.6 Å². The molecule has 0 spiro atoms. The number of hydrogen-bond acceptors (Lipinski definition) is 2. The van der Waals surface area contributed by atoms with E-state index in [1.54, 1.807) is 0 Å². The molecule has 3 heteroatoms. The van der Waals surface area contributed by atoms with E-state index >= 15 is 0 Å². The smallest absolute Gasteiger partial charge is 0.0848 e. The van der Waals surface area contributed by atoms with E-state index in [1.807, 2.05) is 6.07 Å². The fourth-order valence-electron chi connectivity index (χ4n) is 1.70. The Balaban J connectivity index is 2.16. The van der Waals surface area contributed by atoms with Gasteiger partial charge in [-0.05, 0) is 24.6 Å². The average molecular weight is 256 g/mol. The van der Waals surface area contributed by atoms with Gasteiger partial charge in [0.15, 0.2) is 0 Å². The summed E-state index contributed by atoms with van der Waals surface area (Å²) in [5.74, 6) is 0. The monoisotopic (exact) mass is 255 g/mol. The third-order valence-corrected chi connectivity index (χ3v) is 3.16. The first-order chi connectivity index (χ1) is 6.88. The maximum absolute atomic E-state index is 5.78. The van der Waals surface area contributed by atoms with Crippen LogP contribution in [-0.4, -0.2) is 19.7 Å². The van der Waals surface area contributed by atoms with Gasteiger partial charge >= 0.3 is 0 Å². The third kappa shape index (κ3) is 2.35. The van der Waals surface area contributed by atoms with Crippen molar-refractivity contribution in [2.75, 3.05) is 19.7 Å². The van der Waals surface area contributed by atoms with Crippen LogP contribution in [0, 0.1) is 0 Å². The molecule has 0 radical (unpaired) electrons. The van der Waals surface area contributed by atoms with Crippen LogP contribution in [0.4, 0.5) is 0 Å². The summed E-state index contributed by atoms with van der Waals surface area (Å²) in [6.07, 6.45) is 1.28. The number of halogens is 1. The van der Waals surface area contributed by atoms with Gasteiger partial charge < -0.3 is 10.1 Å². The predicted octanol–water partition coefficient (Wildman–Crippen LogP) is 2.50. The Kier molecular flexibility index (Phi) is 3.56. The molecule has 1 aliphatic heterocycles. The highest BCUT2D eigenvalue weighted by Crippen LogP contribution is 2.28. The molecule has 1 atom stereocenters. The van der Waals surface area contributed by atoms with E-state index in [2.05, 4.69) is 39.4 Å². The summed E-state index contributed by atoms with van der Waals surface area (Å²) in [5, 5.41) is 3.33. The maximum atomic E-state index is 5.78. The van der Waals surface area contributed by atoms with Crippen LogP contribution in [0.1, 0.15) is 18.1 Å². The highest BCUT2D eigenvalue weighted by molar-refractivity contribution is 9.10. The first kappa shape index (κ1) is 10.1. The van der Waals surface area contributed by atoms with Gasteiger partial charge in [-0.25, -0.2) is 0 Å².